The summed E-state index contributed by atoms with van der Waals surface area (Å²) in [6.07, 6.45) is 4.95. The predicted octanol–water partition coefficient (Wildman–Crippen LogP) is 5.22. The maximum Gasteiger partial charge on any atom is 0.138 e. The van der Waals surface area contributed by atoms with E-state index in [9.17, 15) is 9.81 Å². The van der Waals surface area contributed by atoms with Crippen LogP contribution in [0.15, 0.2) is 47.6 Å². The van der Waals surface area contributed by atoms with Gasteiger partial charge in [0, 0.05) is 34.8 Å². The average Bonchev–Trinajstić information content (AvgIpc) is 3.24. The fourth-order valence-corrected chi connectivity index (χ4v) is 6.68. The van der Waals surface area contributed by atoms with Crippen LogP contribution in [-0.4, -0.2) is 47.7 Å². The van der Waals surface area contributed by atoms with E-state index in [1.807, 2.05) is 38.2 Å². The van der Waals surface area contributed by atoms with Crippen LogP contribution in [-0.2, 0) is 23.5 Å². The van der Waals surface area contributed by atoms with E-state index in [1.54, 1.807) is 11.8 Å². The van der Waals surface area contributed by atoms with Crippen molar-refractivity contribution in [3.8, 4) is 11.8 Å². The minimum absolute atomic E-state index is 0.0157. The molecule has 36 heavy (non-hydrogen) atoms. The van der Waals surface area contributed by atoms with Gasteiger partial charge in [-0.1, -0.05) is 24.3 Å². The molecule has 4 rings (SSSR count). The van der Waals surface area contributed by atoms with Crippen LogP contribution in [0, 0.1) is 11.3 Å². The van der Waals surface area contributed by atoms with Crippen molar-refractivity contribution in [2.45, 2.75) is 51.0 Å². The molecule has 1 heterocycles. The zero-order chi connectivity index (χ0) is 25.5. The molecule has 0 bridgehead atoms. The Morgan fingerprint density at radius 3 is 2.92 bits per heavy atom. The molecule has 2 aliphatic rings. The van der Waals surface area contributed by atoms with Crippen LogP contribution in [0.25, 0.3) is 4.91 Å². The highest BCUT2D eigenvalue weighted by Gasteiger charge is 2.29. The zero-order valence-corrected chi connectivity index (χ0v) is 22.7. The van der Waals surface area contributed by atoms with Gasteiger partial charge in [0.1, 0.15) is 17.6 Å². The van der Waals surface area contributed by atoms with Gasteiger partial charge in [0.05, 0.1) is 17.7 Å². The Morgan fingerprint density at radius 1 is 1.39 bits per heavy atom. The van der Waals surface area contributed by atoms with Gasteiger partial charge in [0.15, 0.2) is 0 Å². The molecule has 6 nitrogen and oxygen atoms in total. The molecule has 1 aliphatic carbocycles. The third-order valence-electron chi connectivity index (χ3n) is 6.48. The van der Waals surface area contributed by atoms with Gasteiger partial charge in [-0.25, -0.2) is 0 Å². The van der Waals surface area contributed by atoms with Gasteiger partial charge in [-0.15, -0.1) is 16.5 Å². The average molecular weight is 523 g/mol. The topological polar surface area (TPSA) is 83.7 Å². The smallest absolute Gasteiger partial charge is 0.138 e. The normalized spacial score (nSPS) is 18.4. The first-order chi connectivity index (χ1) is 17.5. The Balaban J connectivity index is 1.44. The number of hydrogen-bond acceptors (Lipinski definition) is 7. The van der Waals surface area contributed by atoms with E-state index in [-0.39, 0.29) is 12.1 Å². The lowest BCUT2D eigenvalue weighted by Gasteiger charge is -2.30. The maximum absolute atomic E-state index is 12.7. The number of aliphatic imine (C=N–C) groups is 1. The molecule has 2 unspecified atom stereocenters. The van der Waals surface area contributed by atoms with Crippen LogP contribution in [0.3, 0.4) is 0 Å². The molecule has 0 amide bonds. The lowest BCUT2D eigenvalue weighted by Crippen LogP contribution is -2.42. The van der Waals surface area contributed by atoms with E-state index in [4.69, 9.17) is 4.74 Å². The summed E-state index contributed by atoms with van der Waals surface area (Å²) < 4.78 is 21.8. The first kappa shape index (κ1) is 26.8. The number of benzene rings is 2. The highest BCUT2D eigenvalue weighted by molar-refractivity contribution is 8.07. The van der Waals surface area contributed by atoms with Gasteiger partial charge >= 0.3 is 0 Å². The number of nitrogens with one attached hydrogen (secondary N) is 1. The van der Waals surface area contributed by atoms with E-state index in [0.717, 1.165) is 48.5 Å². The highest BCUT2D eigenvalue weighted by Crippen LogP contribution is 2.40. The largest absolute Gasteiger partial charge is 0.598 e. The molecule has 0 aromatic heterocycles. The van der Waals surface area contributed by atoms with E-state index in [2.05, 4.69) is 45.6 Å². The molecule has 1 saturated heterocycles. The molecule has 0 spiro atoms. The third kappa shape index (κ3) is 6.72. The minimum Gasteiger partial charge on any atom is -0.598 e. The quantitative estimate of drug-likeness (QED) is 0.304. The molecule has 190 valence electrons. The van der Waals surface area contributed by atoms with E-state index >= 15 is 0 Å². The minimum atomic E-state index is -1.04. The summed E-state index contributed by atoms with van der Waals surface area (Å²) in [4.78, 5) is 7.47. The van der Waals surface area contributed by atoms with Gasteiger partial charge < -0.3 is 9.29 Å². The number of likely N-dealkylation sites (tertiary alicyclic amines) is 1. The van der Waals surface area contributed by atoms with Crippen molar-refractivity contribution in [3.63, 3.8) is 0 Å². The molecule has 0 saturated carbocycles. The Hall–Kier alpha value is -2.28. The summed E-state index contributed by atoms with van der Waals surface area (Å²) in [5.41, 5.74) is 5.26. The number of ether oxygens (including phenoxy) is 1. The summed E-state index contributed by atoms with van der Waals surface area (Å²) in [7, 11) is 0. The van der Waals surface area contributed by atoms with Gasteiger partial charge in [-0.05, 0) is 87.3 Å². The molecular weight excluding hydrogens is 488 g/mol. The number of nitrogens with zero attached hydrogens (tertiary/aromatic N) is 3. The predicted molar refractivity (Wildman–Crippen MR) is 150 cm³/mol. The number of rotatable bonds is 12. The Bertz CT molecular complexity index is 1140. The van der Waals surface area contributed by atoms with E-state index < -0.39 is 11.4 Å². The molecule has 2 atom stereocenters. The van der Waals surface area contributed by atoms with Crippen LogP contribution in [0.4, 0.5) is 0 Å². The molecular formula is C28H34N4O2S2. The summed E-state index contributed by atoms with van der Waals surface area (Å²) in [5.74, 6) is 1.98. The van der Waals surface area contributed by atoms with Crippen LogP contribution < -0.4 is 9.46 Å². The molecule has 2 aromatic carbocycles. The second-order valence-corrected chi connectivity index (χ2v) is 11.8. The highest BCUT2D eigenvalue weighted by atomic mass is 32.2. The summed E-state index contributed by atoms with van der Waals surface area (Å²) >= 11 is 0.644. The van der Waals surface area contributed by atoms with Crippen molar-refractivity contribution in [1.82, 2.24) is 9.62 Å². The monoisotopic (exact) mass is 522 g/mol. The van der Waals surface area contributed by atoms with E-state index in [0.29, 0.717) is 22.8 Å². The van der Waals surface area contributed by atoms with Gasteiger partial charge in [-0.2, -0.15) is 5.26 Å². The maximum atomic E-state index is 12.7. The lowest BCUT2D eigenvalue weighted by atomic mass is 10.0. The third-order valence-corrected chi connectivity index (χ3v) is 8.70. The standard InChI is InChI=1S/C28H34N4O2S2/c1-20(2)34-27-11-8-21(16-22(27)17-29)19-35-28(18-30-3)25-7-4-6-24-23(25)9-10-26(24)31-36(33)15-14-32-12-5-13-32/h4,6-8,11,16,18,20,26,31H,3,5,9-10,12-15,19H2,1-2H3/b28-18-. The Morgan fingerprint density at radius 2 is 2.22 bits per heavy atom. The second kappa shape index (κ2) is 12.8. The van der Waals surface area contributed by atoms with Crippen molar-refractivity contribution < 1.29 is 9.29 Å². The summed E-state index contributed by atoms with van der Waals surface area (Å²) in [5, 5.41) is 9.56. The van der Waals surface area contributed by atoms with Crippen LogP contribution in [0.2, 0.25) is 0 Å². The van der Waals surface area contributed by atoms with Gasteiger partial charge in [0.25, 0.3) is 0 Å². The van der Waals surface area contributed by atoms with E-state index in [1.165, 1.54) is 17.5 Å². The van der Waals surface area contributed by atoms with Crippen LogP contribution in [0.5, 0.6) is 5.75 Å². The molecule has 1 aliphatic heterocycles. The van der Waals surface area contributed by atoms with Crippen molar-refractivity contribution in [3.05, 3.63) is 70.4 Å². The van der Waals surface area contributed by atoms with Crippen LogP contribution in [0.1, 0.15) is 60.5 Å². The molecule has 8 heteroatoms. The second-order valence-electron chi connectivity index (χ2n) is 9.40. The number of fused-ring (bicyclic) bond motifs is 1. The number of nitriles is 1. The lowest BCUT2D eigenvalue weighted by molar-refractivity contribution is 0.193. The van der Waals surface area contributed by atoms with Crippen molar-refractivity contribution >= 4 is 34.7 Å². The molecule has 1 N–H and O–H groups in total. The first-order valence-electron chi connectivity index (χ1n) is 12.5. The van der Waals surface area contributed by atoms with Gasteiger partial charge in [0.2, 0.25) is 0 Å². The zero-order valence-electron chi connectivity index (χ0n) is 21.0. The fourth-order valence-electron chi connectivity index (χ4n) is 4.58. The number of thioether (sulfide) groups is 1. The van der Waals surface area contributed by atoms with Crippen molar-refractivity contribution in [2.24, 2.45) is 4.99 Å². The van der Waals surface area contributed by atoms with Crippen molar-refractivity contribution in [2.75, 3.05) is 25.4 Å². The Labute approximate surface area is 222 Å². The summed E-state index contributed by atoms with van der Waals surface area (Å²) in [6.45, 7) is 10.7. The Kier molecular flexibility index (Phi) is 9.52. The molecule has 1 fully saturated rings. The summed E-state index contributed by atoms with van der Waals surface area (Å²) in [6, 6.07) is 14.5. The number of hydrogen-bond donors (Lipinski definition) is 1. The molecule has 2 aromatic rings. The fraction of sp³-hybridized carbons (Fsp3) is 0.429. The SMILES string of the molecule is C=N/C=C(\SCc1ccc(OC(C)C)c(C#N)c1)c1cccc2c1CCC2N[S+]([O-])CCN1CCC1. The van der Waals surface area contributed by atoms with Crippen LogP contribution >= 0.6 is 11.8 Å². The van der Waals surface area contributed by atoms with Crippen molar-refractivity contribution in [1.29, 1.82) is 5.26 Å². The molecule has 0 radical (unpaired) electrons. The first-order valence-corrected chi connectivity index (χ1v) is 14.8. The van der Waals surface area contributed by atoms with Gasteiger partial charge in [-0.3, -0.25) is 9.89 Å².